The number of hydrogen-bond acceptors (Lipinski definition) is 6. The minimum atomic E-state index is -0.664. The number of aliphatic hydroxyl groups excluding tert-OH is 1. The number of ketones is 1. The second kappa shape index (κ2) is 7.26. The van der Waals surface area contributed by atoms with Gasteiger partial charge in [0.15, 0.2) is 11.5 Å². The summed E-state index contributed by atoms with van der Waals surface area (Å²) in [5, 5.41) is 13.3. The Hall–Kier alpha value is -2.90. The molecule has 1 aliphatic rings. The molecule has 3 heterocycles. The highest BCUT2D eigenvalue weighted by Gasteiger charge is 2.45. The van der Waals surface area contributed by atoms with Crippen LogP contribution in [0.25, 0.3) is 11.0 Å². The third-order valence-electron chi connectivity index (χ3n) is 4.88. The van der Waals surface area contributed by atoms with Gasteiger partial charge < -0.3 is 19.2 Å². The van der Waals surface area contributed by atoms with E-state index in [-0.39, 0.29) is 17.9 Å². The quantitative estimate of drug-likeness (QED) is 0.635. The molecular weight excluding hydrogens is 378 g/mol. The lowest BCUT2D eigenvalue weighted by atomic mass is 9.98. The number of hydrogen-bond donors (Lipinski definition) is 1. The number of thiophene rings is 1. The van der Waals surface area contributed by atoms with E-state index < -0.39 is 23.5 Å². The van der Waals surface area contributed by atoms with E-state index in [0.29, 0.717) is 12.2 Å². The Morgan fingerprint density at radius 1 is 1.32 bits per heavy atom. The fourth-order valence-corrected chi connectivity index (χ4v) is 4.52. The summed E-state index contributed by atoms with van der Waals surface area (Å²) in [6, 6.07) is 10.2. The number of aliphatic hydroxyl groups is 1. The molecule has 144 valence electrons. The van der Waals surface area contributed by atoms with Crippen LogP contribution in [0, 0.1) is 6.92 Å². The van der Waals surface area contributed by atoms with Crippen LogP contribution in [0.15, 0.2) is 57.5 Å². The summed E-state index contributed by atoms with van der Waals surface area (Å²) < 4.78 is 10.8. The predicted octanol–water partition coefficient (Wildman–Crippen LogP) is 4.03. The first-order valence-electron chi connectivity index (χ1n) is 8.83. The Balaban J connectivity index is 1.80. The van der Waals surface area contributed by atoms with Gasteiger partial charge in [-0.05, 0) is 36.1 Å². The fourth-order valence-electron chi connectivity index (χ4n) is 3.47. The molecule has 28 heavy (non-hydrogen) atoms. The van der Waals surface area contributed by atoms with Crippen LogP contribution in [0.5, 0.6) is 0 Å². The van der Waals surface area contributed by atoms with Crippen LogP contribution in [-0.2, 0) is 9.53 Å². The number of rotatable bonds is 6. The molecule has 0 bridgehead atoms. The Morgan fingerprint density at radius 3 is 2.79 bits per heavy atom. The fraction of sp³-hybridized carbons (Fsp3) is 0.238. The van der Waals surface area contributed by atoms with Crippen molar-refractivity contribution in [1.82, 2.24) is 4.90 Å². The van der Waals surface area contributed by atoms with Crippen LogP contribution in [0.1, 0.15) is 27.0 Å². The molecule has 3 aromatic rings. The van der Waals surface area contributed by atoms with Crippen molar-refractivity contribution >= 4 is 34.0 Å². The van der Waals surface area contributed by atoms with Crippen molar-refractivity contribution in [2.24, 2.45) is 0 Å². The maximum Gasteiger partial charge on any atom is 0.290 e. The van der Waals surface area contributed by atoms with Crippen molar-refractivity contribution in [2.75, 3.05) is 20.3 Å². The minimum Gasteiger partial charge on any atom is -0.503 e. The minimum absolute atomic E-state index is 0.0470. The van der Waals surface area contributed by atoms with Crippen molar-refractivity contribution in [3.05, 3.63) is 69.3 Å². The molecule has 7 heteroatoms. The number of para-hydroxylation sites is 1. The molecule has 0 spiro atoms. The zero-order valence-corrected chi connectivity index (χ0v) is 16.3. The Labute approximate surface area is 165 Å². The van der Waals surface area contributed by atoms with E-state index in [0.717, 1.165) is 15.8 Å². The predicted molar refractivity (Wildman–Crippen MR) is 106 cm³/mol. The van der Waals surface area contributed by atoms with Gasteiger partial charge in [-0.2, -0.15) is 0 Å². The zero-order valence-electron chi connectivity index (χ0n) is 15.5. The molecule has 1 aromatic carbocycles. The topological polar surface area (TPSA) is 80.0 Å². The van der Waals surface area contributed by atoms with Gasteiger partial charge in [0, 0.05) is 23.9 Å². The number of nitrogens with zero attached hydrogens (tertiary/aromatic N) is 1. The first-order valence-corrected chi connectivity index (χ1v) is 9.71. The molecular formula is C21H19NO5S. The van der Waals surface area contributed by atoms with Crippen LogP contribution >= 0.6 is 11.3 Å². The highest BCUT2D eigenvalue weighted by Crippen LogP contribution is 2.42. The van der Waals surface area contributed by atoms with Crippen molar-refractivity contribution in [3.63, 3.8) is 0 Å². The maximum atomic E-state index is 13.3. The average Bonchev–Trinajstić information content (AvgIpc) is 3.37. The van der Waals surface area contributed by atoms with Crippen LogP contribution in [0.2, 0.25) is 0 Å². The van der Waals surface area contributed by atoms with Gasteiger partial charge in [0.25, 0.3) is 5.91 Å². The summed E-state index contributed by atoms with van der Waals surface area (Å²) in [7, 11) is 1.54. The second-order valence-corrected chi connectivity index (χ2v) is 7.55. The molecule has 1 atom stereocenters. The highest BCUT2D eigenvalue weighted by atomic mass is 32.1. The number of carbonyl (C=O) groups excluding carboxylic acids is 2. The van der Waals surface area contributed by atoms with Gasteiger partial charge in [0.2, 0.25) is 5.78 Å². The van der Waals surface area contributed by atoms with Gasteiger partial charge >= 0.3 is 0 Å². The number of methoxy groups -OCH3 is 1. The molecule has 0 saturated heterocycles. The number of ether oxygens (including phenoxy) is 1. The number of benzene rings is 1. The van der Waals surface area contributed by atoms with E-state index in [2.05, 4.69) is 0 Å². The summed E-state index contributed by atoms with van der Waals surface area (Å²) in [5.41, 5.74) is 1.58. The summed E-state index contributed by atoms with van der Waals surface area (Å²) in [6.07, 6.45) is 0. The molecule has 1 aliphatic heterocycles. The van der Waals surface area contributed by atoms with E-state index in [9.17, 15) is 14.7 Å². The van der Waals surface area contributed by atoms with E-state index in [1.807, 2.05) is 36.6 Å². The average molecular weight is 397 g/mol. The lowest BCUT2D eigenvalue weighted by Gasteiger charge is -2.25. The van der Waals surface area contributed by atoms with Crippen LogP contribution < -0.4 is 0 Å². The van der Waals surface area contributed by atoms with Crippen molar-refractivity contribution < 1.29 is 23.8 Å². The molecule has 6 nitrogen and oxygen atoms in total. The summed E-state index contributed by atoms with van der Waals surface area (Å²) in [5.74, 6) is -1.49. The van der Waals surface area contributed by atoms with E-state index >= 15 is 0 Å². The number of furan rings is 1. The second-order valence-electron chi connectivity index (χ2n) is 6.60. The van der Waals surface area contributed by atoms with Crippen molar-refractivity contribution in [3.8, 4) is 0 Å². The Bertz CT molecular complexity index is 1060. The monoisotopic (exact) mass is 397 g/mol. The molecule has 0 fully saturated rings. The molecule has 0 saturated carbocycles. The Kier molecular flexibility index (Phi) is 4.78. The number of fused-ring (bicyclic) bond motifs is 1. The van der Waals surface area contributed by atoms with Gasteiger partial charge in [0.05, 0.1) is 12.2 Å². The molecule has 2 aromatic heterocycles. The summed E-state index contributed by atoms with van der Waals surface area (Å²) >= 11 is 1.45. The van der Waals surface area contributed by atoms with Crippen LogP contribution in [0.4, 0.5) is 0 Å². The first-order chi connectivity index (χ1) is 13.5. The lowest BCUT2D eigenvalue weighted by molar-refractivity contribution is -0.130. The standard InChI is InChI=1S/C21H19NO5S/c1-12-7-10-28-20(12)17-16(19(24)21(25)22(17)8-9-26-2)18(23)15-11-13-5-3-4-6-14(13)27-15/h3-7,10-11,17,24H,8-9H2,1-2H3. The molecule has 4 rings (SSSR count). The van der Waals surface area contributed by atoms with Crippen molar-refractivity contribution in [2.45, 2.75) is 13.0 Å². The number of carbonyl (C=O) groups is 2. The normalized spacial score (nSPS) is 17.1. The van der Waals surface area contributed by atoms with E-state index in [1.54, 1.807) is 19.2 Å². The SMILES string of the molecule is COCCN1C(=O)C(O)=C(C(=O)c2cc3ccccc3o2)C1c1sccc1C. The van der Waals surface area contributed by atoms with Crippen LogP contribution in [0.3, 0.4) is 0 Å². The third kappa shape index (κ3) is 2.93. The van der Waals surface area contributed by atoms with Gasteiger partial charge in [-0.3, -0.25) is 9.59 Å². The van der Waals surface area contributed by atoms with E-state index in [1.165, 1.54) is 16.2 Å². The van der Waals surface area contributed by atoms with Crippen molar-refractivity contribution in [1.29, 1.82) is 0 Å². The maximum absolute atomic E-state index is 13.3. The number of amides is 1. The zero-order chi connectivity index (χ0) is 19.8. The Morgan fingerprint density at radius 2 is 2.11 bits per heavy atom. The molecule has 1 amide bonds. The third-order valence-corrected chi connectivity index (χ3v) is 5.96. The summed E-state index contributed by atoms with van der Waals surface area (Å²) in [4.78, 5) is 28.3. The number of Topliss-reactive ketones (excluding diaryl/α,β-unsaturated/α-hetero) is 1. The lowest BCUT2D eigenvalue weighted by Crippen LogP contribution is -2.33. The van der Waals surface area contributed by atoms with Gasteiger partial charge in [-0.15, -0.1) is 11.3 Å². The van der Waals surface area contributed by atoms with Gasteiger partial charge in [-0.1, -0.05) is 18.2 Å². The summed E-state index contributed by atoms with van der Waals surface area (Å²) in [6.45, 7) is 2.48. The van der Waals surface area contributed by atoms with Gasteiger partial charge in [0.1, 0.15) is 11.6 Å². The van der Waals surface area contributed by atoms with E-state index in [4.69, 9.17) is 9.15 Å². The number of aryl methyl sites for hydroxylation is 1. The van der Waals surface area contributed by atoms with Gasteiger partial charge in [-0.25, -0.2) is 0 Å². The molecule has 1 unspecified atom stereocenters. The smallest absolute Gasteiger partial charge is 0.290 e. The van der Waals surface area contributed by atoms with Crippen LogP contribution in [-0.4, -0.2) is 42.0 Å². The molecule has 0 aliphatic carbocycles. The largest absolute Gasteiger partial charge is 0.503 e. The highest BCUT2D eigenvalue weighted by molar-refractivity contribution is 7.10. The molecule has 1 N–H and O–H groups in total. The first kappa shape index (κ1) is 18.5. The molecule has 0 radical (unpaired) electrons.